The van der Waals surface area contributed by atoms with Crippen LogP contribution in [0.5, 0.6) is 0 Å². The van der Waals surface area contributed by atoms with Crippen LogP contribution >= 0.6 is 0 Å². The van der Waals surface area contributed by atoms with Crippen LogP contribution in [-0.2, 0) is 6.42 Å². The lowest BCUT2D eigenvalue weighted by Crippen LogP contribution is -2.36. The molecule has 0 radical (unpaired) electrons. The van der Waals surface area contributed by atoms with Crippen LogP contribution in [0.1, 0.15) is 26.7 Å². The zero-order chi connectivity index (χ0) is 11.8. The smallest absolute Gasteiger partial charge is 0.198 e. The number of pyridine rings is 1. The summed E-state index contributed by atoms with van der Waals surface area (Å²) in [7, 11) is 0. The quantitative estimate of drug-likeness (QED) is 0.840. The Balaban J connectivity index is 2.22. The van der Waals surface area contributed by atoms with Crippen molar-refractivity contribution in [2.24, 2.45) is 11.1 Å². The molecule has 0 aliphatic heterocycles. The molecular weight excluding hydrogens is 202 g/mol. The average Bonchev–Trinajstić information content (AvgIpc) is 2.58. The topological polar surface area (TPSA) is 64.9 Å². The molecule has 0 saturated heterocycles. The normalized spacial score (nSPS) is 14.2. The molecule has 0 saturated carbocycles. The molecule has 0 fully saturated rings. The lowest BCUT2D eigenvalue weighted by molar-refractivity contribution is 0.303. The van der Waals surface area contributed by atoms with Crippen molar-refractivity contribution in [3.05, 3.63) is 24.2 Å². The molecule has 2 N–H and O–H groups in total. The van der Waals surface area contributed by atoms with Crippen molar-refractivity contribution in [3.8, 4) is 0 Å². The highest BCUT2D eigenvalue weighted by molar-refractivity contribution is 5.66. The van der Waals surface area contributed by atoms with Gasteiger partial charge in [0, 0.05) is 18.7 Å². The van der Waals surface area contributed by atoms with Crippen molar-refractivity contribution in [3.63, 3.8) is 0 Å². The first-order chi connectivity index (χ1) is 7.47. The van der Waals surface area contributed by atoms with Gasteiger partial charge >= 0.3 is 0 Å². The molecule has 4 heteroatoms. The minimum Gasteiger partial charge on any atom is -0.439 e. The Kier molecular flexibility index (Phi) is 2.68. The van der Waals surface area contributed by atoms with Crippen LogP contribution in [0, 0.1) is 5.41 Å². The van der Waals surface area contributed by atoms with Crippen LogP contribution in [-0.4, -0.2) is 16.0 Å². The number of nitrogens with two attached hydrogens (primary N) is 1. The van der Waals surface area contributed by atoms with Crippen LogP contribution in [0.3, 0.4) is 0 Å². The van der Waals surface area contributed by atoms with E-state index in [9.17, 15) is 0 Å². The first-order valence-corrected chi connectivity index (χ1v) is 5.43. The van der Waals surface area contributed by atoms with E-state index < -0.39 is 0 Å². The summed E-state index contributed by atoms with van der Waals surface area (Å²) in [4.78, 5) is 8.43. The van der Waals surface area contributed by atoms with E-state index in [1.54, 1.807) is 6.20 Å². The minimum atomic E-state index is 0.0283. The van der Waals surface area contributed by atoms with Crippen LogP contribution in [0.15, 0.2) is 22.7 Å². The standard InChI is InChI=1S/C12H17N3O/c1-12(2,3)9(13)7-10-15-11-8(16-10)5-4-6-14-11/h4-6,9H,7,13H2,1-3H3. The maximum absolute atomic E-state index is 6.08. The highest BCUT2D eigenvalue weighted by Crippen LogP contribution is 2.21. The summed E-state index contributed by atoms with van der Waals surface area (Å²) in [6.45, 7) is 6.33. The van der Waals surface area contributed by atoms with Crippen LogP contribution in [0.4, 0.5) is 0 Å². The van der Waals surface area contributed by atoms with E-state index >= 15 is 0 Å². The van der Waals surface area contributed by atoms with E-state index in [0.717, 1.165) is 5.58 Å². The van der Waals surface area contributed by atoms with Gasteiger partial charge in [0.2, 0.25) is 0 Å². The molecule has 2 heterocycles. The van der Waals surface area contributed by atoms with Gasteiger partial charge in [-0.1, -0.05) is 20.8 Å². The predicted octanol–water partition coefficient (Wildman–Crippen LogP) is 2.14. The molecule has 0 bridgehead atoms. The summed E-state index contributed by atoms with van der Waals surface area (Å²) < 4.78 is 5.58. The summed E-state index contributed by atoms with van der Waals surface area (Å²) in [6.07, 6.45) is 2.35. The first kappa shape index (κ1) is 11.1. The largest absolute Gasteiger partial charge is 0.439 e. The molecule has 1 atom stereocenters. The molecule has 16 heavy (non-hydrogen) atoms. The number of fused-ring (bicyclic) bond motifs is 1. The molecule has 1 unspecified atom stereocenters. The zero-order valence-electron chi connectivity index (χ0n) is 9.90. The Morgan fingerprint density at radius 3 is 2.81 bits per heavy atom. The second-order valence-electron chi connectivity index (χ2n) is 5.11. The second kappa shape index (κ2) is 3.87. The molecule has 4 nitrogen and oxygen atoms in total. The number of hydrogen-bond acceptors (Lipinski definition) is 4. The van der Waals surface area contributed by atoms with Crippen LogP contribution in [0.2, 0.25) is 0 Å². The van der Waals surface area contributed by atoms with Crippen molar-refractivity contribution >= 4 is 11.2 Å². The van der Waals surface area contributed by atoms with Gasteiger partial charge < -0.3 is 10.2 Å². The number of aromatic nitrogens is 2. The van der Waals surface area contributed by atoms with Gasteiger partial charge in [-0.2, -0.15) is 4.98 Å². The van der Waals surface area contributed by atoms with Gasteiger partial charge in [0.15, 0.2) is 17.1 Å². The lowest BCUT2D eigenvalue weighted by Gasteiger charge is -2.25. The monoisotopic (exact) mass is 219 g/mol. The van der Waals surface area contributed by atoms with E-state index in [0.29, 0.717) is 18.0 Å². The highest BCUT2D eigenvalue weighted by Gasteiger charge is 2.23. The lowest BCUT2D eigenvalue weighted by atomic mass is 9.85. The van der Waals surface area contributed by atoms with Gasteiger partial charge in [-0.15, -0.1) is 0 Å². The molecule has 0 aliphatic rings. The molecule has 86 valence electrons. The number of oxazole rings is 1. The molecule has 0 aromatic carbocycles. The summed E-state index contributed by atoms with van der Waals surface area (Å²) in [5, 5.41) is 0. The SMILES string of the molecule is CC(C)(C)C(N)Cc1nc2ncccc2o1. The third kappa shape index (κ3) is 2.22. The van der Waals surface area contributed by atoms with Gasteiger partial charge in [-0.25, -0.2) is 4.98 Å². The Labute approximate surface area is 94.9 Å². The van der Waals surface area contributed by atoms with Crippen molar-refractivity contribution in [1.82, 2.24) is 9.97 Å². The van der Waals surface area contributed by atoms with E-state index in [4.69, 9.17) is 10.2 Å². The molecule has 0 spiro atoms. The fraction of sp³-hybridized carbons (Fsp3) is 0.500. The highest BCUT2D eigenvalue weighted by atomic mass is 16.3. The van der Waals surface area contributed by atoms with Gasteiger partial charge in [0.25, 0.3) is 0 Å². The summed E-state index contributed by atoms with van der Waals surface area (Å²) >= 11 is 0. The number of hydrogen-bond donors (Lipinski definition) is 1. The van der Waals surface area contributed by atoms with E-state index in [1.807, 2.05) is 12.1 Å². The average molecular weight is 219 g/mol. The Morgan fingerprint density at radius 2 is 2.19 bits per heavy atom. The summed E-state index contributed by atoms with van der Waals surface area (Å²) in [5.41, 5.74) is 7.51. The Morgan fingerprint density at radius 1 is 1.44 bits per heavy atom. The Hall–Kier alpha value is -1.42. The molecule has 2 aromatic heterocycles. The van der Waals surface area contributed by atoms with Crippen molar-refractivity contribution < 1.29 is 4.42 Å². The number of rotatable bonds is 2. The van der Waals surface area contributed by atoms with Crippen molar-refractivity contribution in [2.75, 3.05) is 0 Å². The van der Waals surface area contributed by atoms with E-state index in [2.05, 4.69) is 30.7 Å². The first-order valence-electron chi connectivity index (χ1n) is 5.43. The van der Waals surface area contributed by atoms with E-state index in [-0.39, 0.29) is 11.5 Å². The summed E-state index contributed by atoms with van der Waals surface area (Å²) in [5.74, 6) is 0.663. The van der Waals surface area contributed by atoms with Gasteiger partial charge in [-0.3, -0.25) is 0 Å². The van der Waals surface area contributed by atoms with Crippen LogP contribution < -0.4 is 5.73 Å². The fourth-order valence-electron chi connectivity index (χ4n) is 1.40. The fourth-order valence-corrected chi connectivity index (χ4v) is 1.40. The molecular formula is C12H17N3O. The van der Waals surface area contributed by atoms with Gasteiger partial charge in [0.1, 0.15) is 0 Å². The molecule has 0 aliphatic carbocycles. The Bertz CT molecular complexity index is 451. The number of nitrogens with zero attached hydrogens (tertiary/aromatic N) is 2. The van der Waals surface area contributed by atoms with Gasteiger partial charge in [0.05, 0.1) is 0 Å². The third-order valence-electron chi connectivity index (χ3n) is 2.72. The van der Waals surface area contributed by atoms with Gasteiger partial charge in [-0.05, 0) is 17.5 Å². The molecule has 2 rings (SSSR count). The summed E-state index contributed by atoms with van der Waals surface area (Å²) in [6, 6.07) is 3.73. The van der Waals surface area contributed by atoms with Crippen LogP contribution in [0.25, 0.3) is 11.2 Å². The molecule has 0 amide bonds. The van der Waals surface area contributed by atoms with Crippen molar-refractivity contribution in [1.29, 1.82) is 0 Å². The maximum atomic E-state index is 6.08. The van der Waals surface area contributed by atoms with E-state index in [1.165, 1.54) is 0 Å². The second-order valence-corrected chi connectivity index (χ2v) is 5.11. The van der Waals surface area contributed by atoms with Crippen molar-refractivity contribution in [2.45, 2.75) is 33.2 Å². The molecule has 2 aromatic rings. The zero-order valence-corrected chi connectivity index (χ0v) is 9.90. The maximum Gasteiger partial charge on any atom is 0.198 e. The predicted molar refractivity (Wildman–Crippen MR) is 62.9 cm³/mol. The minimum absolute atomic E-state index is 0.0283. The third-order valence-corrected chi connectivity index (χ3v) is 2.72.